The standard InChI is InChI=1S/C19H25FN2O3.C2HF3O2/c20-17-6-2-1-5-14(17)11-21-12-15-9-16(25-18(15)13-21)10-19(23)22-7-3-4-8-24-22;3-2(4,5)1(6)7/h1-2,5-6,15-16,18H,3-4,7-13H2;(H,6,7)/t15-,16-,18+;/m0./s1. The van der Waals surface area contributed by atoms with Crippen LogP contribution in [0.1, 0.15) is 31.2 Å². The Hall–Kier alpha value is -2.24. The summed E-state index contributed by atoms with van der Waals surface area (Å²) in [5.41, 5.74) is 0.733. The molecule has 3 fully saturated rings. The molecule has 7 nitrogen and oxygen atoms in total. The highest BCUT2D eigenvalue weighted by Crippen LogP contribution is 2.35. The van der Waals surface area contributed by atoms with Gasteiger partial charge in [-0.1, -0.05) is 18.2 Å². The Morgan fingerprint density at radius 3 is 2.47 bits per heavy atom. The van der Waals surface area contributed by atoms with E-state index in [9.17, 15) is 22.4 Å². The van der Waals surface area contributed by atoms with Gasteiger partial charge in [0.05, 0.1) is 25.2 Å². The molecule has 178 valence electrons. The van der Waals surface area contributed by atoms with E-state index in [1.165, 1.54) is 11.1 Å². The molecule has 0 aliphatic carbocycles. The Bertz CT molecular complexity index is 787. The molecule has 3 aliphatic rings. The number of nitrogens with zero attached hydrogens (tertiary/aromatic N) is 2. The molecule has 1 amide bonds. The van der Waals surface area contributed by atoms with Crippen LogP contribution < -0.4 is 0 Å². The van der Waals surface area contributed by atoms with Crippen LogP contribution in [0.3, 0.4) is 0 Å². The summed E-state index contributed by atoms with van der Waals surface area (Å²) in [6, 6.07) is 6.93. The molecule has 3 saturated heterocycles. The lowest BCUT2D eigenvalue weighted by Crippen LogP contribution is -2.37. The number of fused-ring (bicyclic) bond motifs is 1. The molecule has 11 heteroatoms. The summed E-state index contributed by atoms with van der Waals surface area (Å²) in [6.07, 6.45) is -1.60. The number of carbonyl (C=O) groups is 2. The number of likely N-dealkylation sites (tertiary alicyclic amines) is 1. The second-order valence-corrected chi connectivity index (χ2v) is 8.12. The van der Waals surface area contributed by atoms with Crippen LogP contribution in [0.5, 0.6) is 0 Å². The number of carboxylic acids is 1. The van der Waals surface area contributed by atoms with E-state index in [1.807, 2.05) is 12.1 Å². The van der Waals surface area contributed by atoms with E-state index in [1.54, 1.807) is 6.07 Å². The van der Waals surface area contributed by atoms with Crippen LogP contribution in [0.4, 0.5) is 17.6 Å². The van der Waals surface area contributed by atoms with Crippen molar-refractivity contribution in [2.24, 2.45) is 5.92 Å². The number of benzene rings is 1. The lowest BCUT2D eigenvalue weighted by Gasteiger charge is -2.27. The summed E-state index contributed by atoms with van der Waals surface area (Å²) in [5, 5.41) is 8.63. The molecular formula is C21H26F4N2O5. The maximum Gasteiger partial charge on any atom is 0.490 e. The highest BCUT2D eigenvalue weighted by Gasteiger charge is 2.43. The van der Waals surface area contributed by atoms with Crippen molar-refractivity contribution in [3.63, 3.8) is 0 Å². The predicted octanol–water partition coefficient (Wildman–Crippen LogP) is 2.99. The Balaban J connectivity index is 0.000000360. The Labute approximate surface area is 182 Å². The molecule has 32 heavy (non-hydrogen) atoms. The molecule has 0 aromatic heterocycles. The first kappa shape index (κ1) is 24.4. The Morgan fingerprint density at radius 2 is 1.88 bits per heavy atom. The summed E-state index contributed by atoms with van der Waals surface area (Å²) in [5.74, 6) is -2.43. The van der Waals surface area contributed by atoms with Crippen LogP contribution in [-0.2, 0) is 25.7 Å². The summed E-state index contributed by atoms with van der Waals surface area (Å²) in [4.78, 5) is 28.9. The first-order valence-electron chi connectivity index (χ1n) is 10.5. The third kappa shape index (κ3) is 6.63. The van der Waals surface area contributed by atoms with Crippen molar-refractivity contribution in [2.75, 3.05) is 26.2 Å². The van der Waals surface area contributed by atoms with Gasteiger partial charge in [0, 0.05) is 37.7 Å². The smallest absolute Gasteiger partial charge is 0.475 e. The molecule has 1 aromatic rings. The highest BCUT2D eigenvalue weighted by molar-refractivity contribution is 5.75. The summed E-state index contributed by atoms with van der Waals surface area (Å²) in [7, 11) is 0. The topological polar surface area (TPSA) is 79.3 Å². The van der Waals surface area contributed by atoms with Crippen molar-refractivity contribution in [3.8, 4) is 0 Å². The van der Waals surface area contributed by atoms with Gasteiger partial charge in [-0.15, -0.1) is 0 Å². The molecule has 1 aromatic carbocycles. The number of alkyl halides is 3. The molecule has 0 spiro atoms. The molecule has 3 heterocycles. The normalized spacial score (nSPS) is 25.8. The third-order valence-corrected chi connectivity index (χ3v) is 5.67. The summed E-state index contributed by atoms with van der Waals surface area (Å²) >= 11 is 0. The number of aliphatic carboxylic acids is 1. The lowest BCUT2D eigenvalue weighted by molar-refractivity contribution is -0.199. The quantitative estimate of drug-likeness (QED) is 0.694. The number of carbonyl (C=O) groups excluding carboxylic acids is 1. The highest BCUT2D eigenvalue weighted by atomic mass is 19.4. The van der Waals surface area contributed by atoms with Gasteiger partial charge in [-0.2, -0.15) is 13.2 Å². The molecule has 3 aliphatic heterocycles. The van der Waals surface area contributed by atoms with E-state index in [-0.39, 0.29) is 23.9 Å². The van der Waals surface area contributed by atoms with Crippen LogP contribution in [0.15, 0.2) is 24.3 Å². The first-order chi connectivity index (χ1) is 15.1. The van der Waals surface area contributed by atoms with Crippen LogP contribution in [0.25, 0.3) is 0 Å². The third-order valence-electron chi connectivity index (χ3n) is 5.67. The van der Waals surface area contributed by atoms with E-state index >= 15 is 0 Å². The minimum atomic E-state index is -5.08. The van der Waals surface area contributed by atoms with Crippen molar-refractivity contribution in [1.29, 1.82) is 0 Å². The van der Waals surface area contributed by atoms with Crippen LogP contribution >= 0.6 is 0 Å². The van der Waals surface area contributed by atoms with Gasteiger partial charge in [-0.25, -0.2) is 14.2 Å². The number of amides is 1. The number of hydrogen-bond donors (Lipinski definition) is 1. The molecule has 0 radical (unpaired) electrons. The van der Waals surface area contributed by atoms with E-state index in [0.29, 0.717) is 32.0 Å². The van der Waals surface area contributed by atoms with E-state index < -0.39 is 12.1 Å². The summed E-state index contributed by atoms with van der Waals surface area (Å²) in [6.45, 7) is 3.66. The molecular weight excluding hydrogens is 436 g/mol. The maximum atomic E-state index is 13.8. The molecule has 4 rings (SSSR count). The zero-order valence-electron chi connectivity index (χ0n) is 17.4. The van der Waals surface area contributed by atoms with Gasteiger partial charge in [0.15, 0.2) is 0 Å². The number of hydrogen-bond acceptors (Lipinski definition) is 5. The number of ether oxygens (including phenoxy) is 1. The van der Waals surface area contributed by atoms with E-state index in [4.69, 9.17) is 19.5 Å². The van der Waals surface area contributed by atoms with Crippen LogP contribution in [-0.4, -0.2) is 71.6 Å². The second kappa shape index (κ2) is 10.6. The molecule has 0 saturated carbocycles. The minimum Gasteiger partial charge on any atom is -0.475 e. The number of rotatable bonds is 4. The zero-order valence-corrected chi connectivity index (χ0v) is 17.4. The van der Waals surface area contributed by atoms with Gasteiger partial charge in [-0.3, -0.25) is 14.5 Å². The average Bonchev–Trinajstić information content (AvgIpc) is 3.28. The van der Waals surface area contributed by atoms with Gasteiger partial charge < -0.3 is 9.84 Å². The van der Waals surface area contributed by atoms with Gasteiger partial charge in [0.25, 0.3) is 0 Å². The maximum absolute atomic E-state index is 13.8. The van der Waals surface area contributed by atoms with Crippen LogP contribution in [0.2, 0.25) is 0 Å². The minimum absolute atomic E-state index is 0.0105. The SMILES string of the molecule is O=C(C[C@@H]1C[C@H]2CN(Cc3ccccc3F)C[C@H]2O1)N1CCCCO1.O=C(O)C(F)(F)F. The monoisotopic (exact) mass is 462 g/mol. The first-order valence-corrected chi connectivity index (χ1v) is 10.5. The van der Waals surface area contributed by atoms with Crippen LogP contribution in [0, 0.1) is 11.7 Å². The summed E-state index contributed by atoms with van der Waals surface area (Å²) < 4.78 is 51.6. The number of halogens is 4. The fourth-order valence-corrected chi connectivity index (χ4v) is 4.17. The molecule has 0 unspecified atom stereocenters. The van der Waals surface area contributed by atoms with Gasteiger partial charge in [0.2, 0.25) is 5.91 Å². The number of hydroxylamine groups is 2. The van der Waals surface area contributed by atoms with E-state index in [2.05, 4.69) is 4.90 Å². The van der Waals surface area contributed by atoms with Gasteiger partial charge in [-0.05, 0) is 25.3 Å². The Kier molecular flexibility index (Phi) is 8.07. The fraction of sp³-hybridized carbons (Fsp3) is 0.619. The second-order valence-electron chi connectivity index (χ2n) is 8.12. The fourth-order valence-electron chi connectivity index (χ4n) is 4.17. The van der Waals surface area contributed by atoms with Crippen molar-refractivity contribution < 1.29 is 41.8 Å². The predicted molar refractivity (Wildman–Crippen MR) is 104 cm³/mol. The van der Waals surface area contributed by atoms with Crippen molar-refractivity contribution in [2.45, 2.75) is 50.6 Å². The van der Waals surface area contributed by atoms with Gasteiger partial charge in [0.1, 0.15) is 5.82 Å². The lowest BCUT2D eigenvalue weighted by atomic mass is 10.0. The zero-order chi connectivity index (χ0) is 23.3. The molecule has 3 atom stereocenters. The van der Waals surface area contributed by atoms with Gasteiger partial charge >= 0.3 is 12.1 Å². The van der Waals surface area contributed by atoms with E-state index in [0.717, 1.165) is 37.9 Å². The van der Waals surface area contributed by atoms with Crippen molar-refractivity contribution >= 4 is 11.9 Å². The van der Waals surface area contributed by atoms with Crippen molar-refractivity contribution in [1.82, 2.24) is 9.96 Å². The molecule has 0 bridgehead atoms. The Morgan fingerprint density at radius 1 is 1.16 bits per heavy atom. The number of carboxylic acid groups (broad SMARTS) is 1. The average molecular weight is 462 g/mol. The largest absolute Gasteiger partial charge is 0.490 e. The molecule has 1 N–H and O–H groups in total. The van der Waals surface area contributed by atoms with Crippen molar-refractivity contribution in [3.05, 3.63) is 35.6 Å².